The molecule has 2 heterocycles. The molecule has 2 N–H and O–H groups in total. The van der Waals surface area contributed by atoms with E-state index in [0.717, 1.165) is 43.2 Å². The highest BCUT2D eigenvalue weighted by Crippen LogP contribution is 2.14. The summed E-state index contributed by atoms with van der Waals surface area (Å²) in [7, 11) is 0. The van der Waals surface area contributed by atoms with Gasteiger partial charge in [-0.05, 0) is 49.7 Å². The second kappa shape index (κ2) is 4.85. The maximum Gasteiger partial charge on any atom is 0.181 e. The average Bonchev–Trinajstić information content (AvgIpc) is 2.98. The summed E-state index contributed by atoms with van der Waals surface area (Å²) < 4.78 is 5.29. The van der Waals surface area contributed by atoms with Crippen molar-refractivity contribution in [2.24, 2.45) is 5.92 Å². The van der Waals surface area contributed by atoms with Gasteiger partial charge in [0.2, 0.25) is 0 Å². The Bertz CT molecular complexity index is 488. The van der Waals surface area contributed by atoms with Crippen molar-refractivity contribution in [2.45, 2.75) is 13.0 Å². The Balaban J connectivity index is 1.56. The molecule has 2 aromatic rings. The minimum absolute atomic E-state index is 0.781. The Morgan fingerprint density at radius 3 is 3.35 bits per heavy atom. The van der Waals surface area contributed by atoms with Gasteiger partial charge in [-0.2, -0.15) is 0 Å². The first-order valence-electron chi connectivity index (χ1n) is 6.15. The summed E-state index contributed by atoms with van der Waals surface area (Å²) in [4.78, 5) is 4.11. The van der Waals surface area contributed by atoms with E-state index in [1.807, 2.05) is 6.07 Å². The summed E-state index contributed by atoms with van der Waals surface area (Å²) in [6, 6.07) is 6.17. The highest BCUT2D eigenvalue weighted by Gasteiger charge is 2.13. The van der Waals surface area contributed by atoms with Gasteiger partial charge in [0.15, 0.2) is 12.0 Å². The lowest BCUT2D eigenvalue weighted by Gasteiger charge is -2.09. The first-order chi connectivity index (χ1) is 8.42. The van der Waals surface area contributed by atoms with Gasteiger partial charge in [-0.25, -0.2) is 4.98 Å². The van der Waals surface area contributed by atoms with Crippen LogP contribution in [0.3, 0.4) is 0 Å². The monoisotopic (exact) mass is 231 g/mol. The predicted octanol–water partition coefficient (Wildman–Crippen LogP) is 1.53. The molecule has 1 atom stereocenters. The van der Waals surface area contributed by atoms with Crippen molar-refractivity contribution >= 4 is 11.1 Å². The van der Waals surface area contributed by atoms with Gasteiger partial charge in [-0.3, -0.25) is 0 Å². The van der Waals surface area contributed by atoms with Crippen molar-refractivity contribution in [3.8, 4) is 0 Å². The van der Waals surface area contributed by atoms with Crippen molar-refractivity contribution in [3.05, 3.63) is 30.2 Å². The molecule has 0 saturated carbocycles. The quantitative estimate of drug-likeness (QED) is 0.837. The van der Waals surface area contributed by atoms with Crippen molar-refractivity contribution in [2.75, 3.05) is 19.6 Å². The number of hydrogen-bond acceptors (Lipinski definition) is 4. The molecule has 1 aliphatic heterocycles. The number of aromatic nitrogens is 1. The van der Waals surface area contributed by atoms with Gasteiger partial charge in [-0.15, -0.1) is 0 Å². The highest BCUT2D eigenvalue weighted by molar-refractivity contribution is 5.72. The van der Waals surface area contributed by atoms with Crippen molar-refractivity contribution in [1.82, 2.24) is 15.6 Å². The van der Waals surface area contributed by atoms with Crippen LogP contribution in [0.5, 0.6) is 0 Å². The number of hydrogen-bond donors (Lipinski definition) is 2. The second-order valence-corrected chi connectivity index (χ2v) is 4.64. The topological polar surface area (TPSA) is 50.1 Å². The van der Waals surface area contributed by atoms with Crippen LogP contribution in [0.2, 0.25) is 0 Å². The van der Waals surface area contributed by atoms with Crippen LogP contribution in [-0.2, 0) is 6.54 Å². The molecule has 1 fully saturated rings. The molecule has 0 amide bonds. The van der Waals surface area contributed by atoms with Gasteiger partial charge in [0.1, 0.15) is 5.52 Å². The summed E-state index contributed by atoms with van der Waals surface area (Å²) in [5, 5.41) is 6.88. The van der Waals surface area contributed by atoms with Gasteiger partial charge in [0, 0.05) is 6.54 Å². The maximum absolute atomic E-state index is 5.29. The van der Waals surface area contributed by atoms with E-state index in [0.29, 0.717) is 0 Å². The maximum atomic E-state index is 5.29. The molecule has 0 spiro atoms. The van der Waals surface area contributed by atoms with Crippen molar-refractivity contribution < 1.29 is 4.42 Å². The molecule has 17 heavy (non-hydrogen) atoms. The Kier molecular flexibility index (Phi) is 3.07. The van der Waals surface area contributed by atoms with Crippen LogP contribution in [0.1, 0.15) is 12.0 Å². The van der Waals surface area contributed by atoms with Crippen LogP contribution >= 0.6 is 0 Å². The molecule has 1 aliphatic rings. The third kappa shape index (κ3) is 2.48. The first kappa shape index (κ1) is 10.7. The molecule has 1 aromatic heterocycles. The van der Waals surface area contributed by atoms with E-state index < -0.39 is 0 Å². The Labute approximate surface area is 100 Å². The average molecular weight is 231 g/mol. The highest BCUT2D eigenvalue weighted by atomic mass is 16.3. The van der Waals surface area contributed by atoms with Crippen molar-refractivity contribution in [1.29, 1.82) is 0 Å². The molecule has 0 bridgehead atoms. The molecular weight excluding hydrogens is 214 g/mol. The molecule has 1 unspecified atom stereocenters. The fourth-order valence-corrected chi connectivity index (χ4v) is 2.32. The minimum atomic E-state index is 0.781. The zero-order valence-electron chi connectivity index (χ0n) is 9.78. The van der Waals surface area contributed by atoms with Crippen LogP contribution in [0.25, 0.3) is 11.1 Å². The third-order valence-corrected chi connectivity index (χ3v) is 3.32. The molecule has 90 valence electrons. The molecule has 0 aliphatic carbocycles. The van der Waals surface area contributed by atoms with E-state index in [1.165, 1.54) is 18.4 Å². The smallest absolute Gasteiger partial charge is 0.181 e. The van der Waals surface area contributed by atoms with Gasteiger partial charge in [0.05, 0.1) is 0 Å². The van der Waals surface area contributed by atoms with Crippen molar-refractivity contribution in [3.63, 3.8) is 0 Å². The van der Waals surface area contributed by atoms with Gasteiger partial charge in [-0.1, -0.05) is 6.07 Å². The first-order valence-corrected chi connectivity index (χ1v) is 6.15. The number of fused-ring (bicyclic) bond motifs is 1. The molecule has 4 heteroatoms. The van der Waals surface area contributed by atoms with Crippen LogP contribution in [0.15, 0.2) is 29.0 Å². The van der Waals surface area contributed by atoms with E-state index in [1.54, 1.807) is 0 Å². The number of oxazole rings is 1. The summed E-state index contributed by atoms with van der Waals surface area (Å²) in [5.74, 6) is 0.781. The van der Waals surface area contributed by atoms with E-state index in [-0.39, 0.29) is 0 Å². The fourth-order valence-electron chi connectivity index (χ4n) is 2.32. The fraction of sp³-hybridized carbons (Fsp3) is 0.462. The SMILES string of the molecule is c1nc2ccc(CNCC3CCNC3)cc2o1. The molecule has 0 radical (unpaired) electrons. The lowest BCUT2D eigenvalue weighted by molar-refractivity contribution is 0.512. The lowest BCUT2D eigenvalue weighted by atomic mass is 10.1. The van der Waals surface area contributed by atoms with Gasteiger partial charge in [0.25, 0.3) is 0 Å². The summed E-state index contributed by atoms with van der Waals surface area (Å²) in [6.07, 6.45) is 2.78. The number of benzene rings is 1. The zero-order valence-corrected chi connectivity index (χ0v) is 9.78. The molecule has 3 rings (SSSR count). The molecular formula is C13H17N3O. The minimum Gasteiger partial charge on any atom is -0.443 e. The molecule has 4 nitrogen and oxygen atoms in total. The van der Waals surface area contributed by atoms with E-state index in [2.05, 4.69) is 27.8 Å². The van der Waals surface area contributed by atoms with Crippen LogP contribution in [0.4, 0.5) is 0 Å². The molecule has 1 saturated heterocycles. The van der Waals surface area contributed by atoms with Crippen LogP contribution < -0.4 is 10.6 Å². The second-order valence-electron chi connectivity index (χ2n) is 4.64. The Morgan fingerprint density at radius 1 is 1.47 bits per heavy atom. The standard InChI is InChI=1S/C13H17N3O/c1-2-12-13(17-9-16-12)5-10(1)6-15-8-11-3-4-14-7-11/h1-2,5,9,11,14-15H,3-4,6-8H2. The van der Waals surface area contributed by atoms with Crippen LogP contribution in [0, 0.1) is 5.92 Å². The summed E-state index contributed by atoms with van der Waals surface area (Å²) in [6.45, 7) is 4.29. The van der Waals surface area contributed by atoms with Gasteiger partial charge >= 0.3 is 0 Å². The zero-order chi connectivity index (χ0) is 11.5. The van der Waals surface area contributed by atoms with Crippen LogP contribution in [-0.4, -0.2) is 24.6 Å². The Morgan fingerprint density at radius 2 is 2.47 bits per heavy atom. The predicted molar refractivity (Wildman–Crippen MR) is 66.7 cm³/mol. The third-order valence-electron chi connectivity index (χ3n) is 3.32. The number of nitrogens with zero attached hydrogens (tertiary/aromatic N) is 1. The lowest BCUT2D eigenvalue weighted by Crippen LogP contribution is -2.23. The Hall–Kier alpha value is -1.39. The normalized spacial score (nSPS) is 20.1. The number of rotatable bonds is 4. The van der Waals surface area contributed by atoms with E-state index >= 15 is 0 Å². The van der Waals surface area contributed by atoms with E-state index in [4.69, 9.17) is 4.42 Å². The summed E-state index contributed by atoms with van der Waals surface area (Å²) in [5.41, 5.74) is 3.04. The number of nitrogens with one attached hydrogen (secondary N) is 2. The summed E-state index contributed by atoms with van der Waals surface area (Å²) >= 11 is 0. The van der Waals surface area contributed by atoms with Gasteiger partial charge < -0.3 is 15.1 Å². The largest absolute Gasteiger partial charge is 0.443 e. The molecule has 1 aromatic carbocycles. The van der Waals surface area contributed by atoms with E-state index in [9.17, 15) is 0 Å².